The fourth-order valence-corrected chi connectivity index (χ4v) is 4.25. The van der Waals surface area contributed by atoms with Gasteiger partial charge in [0.05, 0.1) is 16.2 Å². The zero-order valence-corrected chi connectivity index (χ0v) is 17.1. The minimum Gasteiger partial charge on any atom is -0.486 e. The summed E-state index contributed by atoms with van der Waals surface area (Å²) in [6.07, 6.45) is -0.107. The second-order valence-corrected chi connectivity index (χ2v) is 9.52. The Labute approximate surface area is 165 Å². The Bertz CT molecular complexity index is 965. The Morgan fingerprint density at radius 2 is 1.68 bits per heavy atom. The van der Waals surface area contributed by atoms with E-state index in [1.807, 2.05) is 39.0 Å². The Kier molecular flexibility index (Phi) is 5.65. The summed E-state index contributed by atoms with van der Waals surface area (Å²) in [7, 11) is -3.50. The molecule has 28 heavy (non-hydrogen) atoms. The van der Waals surface area contributed by atoms with Crippen LogP contribution in [0.15, 0.2) is 47.4 Å². The Morgan fingerprint density at radius 1 is 1.04 bits per heavy atom. The molecule has 0 saturated carbocycles. The maximum atomic E-state index is 12.4. The molecule has 2 aromatic carbocycles. The van der Waals surface area contributed by atoms with Crippen LogP contribution in [0.5, 0.6) is 11.5 Å². The highest BCUT2D eigenvalue weighted by atomic mass is 32.2. The number of benzene rings is 2. The minimum atomic E-state index is -3.50. The van der Waals surface area contributed by atoms with Crippen molar-refractivity contribution in [1.29, 1.82) is 0 Å². The lowest BCUT2D eigenvalue weighted by atomic mass is 9.93. The first kappa shape index (κ1) is 20.2. The molecule has 0 fully saturated rings. The van der Waals surface area contributed by atoms with Gasteiger partial charge in [-0.15, -0.1) is 0 Å². The van der Waals surface area contributed by atoms with Crippen LogP contribution in [0.4, 0.5) is 0 Å². The van der Waals surface area contributed by atoms with Crippen LogP contribution >= 0.6 is 0 Å². The number of fused-ring (bicyclic) bond motifs is 1. The number of hydrogen-bond donors (Lipinski definition) is 1. The number of carbonyl (C=O) groups is 1. The third-order valence-electron chi connectivity index (χ3n) is 4.69. The van der Waals surface area contributed by atoms with Gasteiger partial charge in [0.15, 0.2) is 21.3 Å². The molecule has 0 spiro atoms. The molecule has 0 aliphatic carbocycles. The molecule has 1 aliphatic heterocycles. The highest BCUT2D eigenvalue weighted by molar-refractivity contribution is 7.91. The highest BCUT2D eigenvalue weighted by Crippen LogP contribution is 2.34. The van der Waals surface area contributed by atoms with Crippen LogP contribution in [0.1, 0.15) is 31.4 Å². The van der Waals surface area contributed by atoms with Crippen molar-refractivity contribution in [3.8, 4) is 11.5 Å². The van der Waals surface area contributed by atoms with Crippen molar-refractivity contribution in [2.45, 2.75) is 37.6 Å². The van der Waals surface area contributed by atoms with Gasteiger partial charge < -0.3 is 14.8 Å². The molecule has 150 valence electrons. The van der Waals surface area contributed by atoms with Gasteiger partial charge in [-0.25, -0.2) is 8.42 Å². The lowest BCUT2D eigenvalue weighted by molar-refractivity contribution is -0.122. The van der Waals surface area contributed by atoms with Crippen molar-refractivity contribution in [2.75, 3.05) is 19.0 Å². The van der Waals surface area contributed by atoms with Crippen LogP contribution in [0.3, 0.4) is 0 Å². The molecule has 1 heterocycles. The first-order valence-corrected chi connectivity index (χ1v) is 10.8. The van der Waals surface area contributed by atoms with E-state index in [9.17, 15) is 13.2 Å². The maximum Gasteiger partial charge on any atom is 0.221 e. The van der Waals surface area contributed by atoms with Gasteiger partial charge >= 0.3 is 0 Å². The second-order valence-electron chi connectivity index (χ2n) is 7.41. The van der Waals surface area contributed by atoms with E-state index in [1.165, 1.54) is 0 Å². The van der Waals surface area contributed by atoms with E-state index in [0.717, 1.165) is 11.1 Å². The van der Waals surface area contributed by atoms with E-state index >= 15 is 0 Å². The predicted molar refractivity (Wildman–Crippen MR) is 106 cm³/mol. The number of nitrogens with one attached hydrogen (secondary N) is 1. The molecule has 0 atom stereocenters. The van der Waals surface area contributed by atoms with Crippen molar-refractivity contribution in [3.63, 3.8) is 0 Å². The van der Waals surface area contributed by atoms with E-state index < -0.39 is 15.4 Å². The SMILES string of the molecule is Cc1ccc(S(=O)(=O)CCC(=O)NC(C)(C)c2ccc3c(c2)OCCO3)cc1. The minimum absolute atomic E-state index is 0.107. The normalized spacial score (nSPS) is 13.8. The van der Waals surface area contributed by atoms with Crippen molar-refractivity contribution in [1.82, 2.24) is 5.32 Å². The summed E-state index contributed by atoms with van der Waals surface area (Å²) in [6.45, 7) is 6.63. The van der Waals surface area contributed by atoms with E-state index in [-0.39, 0.29) is 23.0 Å². The number of sulfone groups is 1. The molecule has 7 heteroatoms. The fourth-order valence-electron chi connectivity index (χ4n) is 3.01. The first-order valence-electron chi connectivity index (χ1n) is 9.18. The van der Waals surface area contributed by atoms with E-state index in [4.69, 9.17) is 9.47 Å². The van der Waals surface area contributed by atoms with Gasteiger partial charge in [0.25, 0.3) is 0 Å². The van der Waals surface area contributed by atoms with Gasteiger partial charge in [0.1, 0.15) is 13.2 Å². The van der Waals surface area contributed by atoms with Crippen molar-refractivity contribution in [2.24, 2.45) is 0 Å². The first-order chi connectivity index (χ1) is 13.2. The summed E-state index contributed by atoms with van der Waals surface area (Å²) >= 11 is 0. The average Bonchev–Trinajstić information content (AvgIpc) is 2.66. The van der Waals surface area contributed by atoms with Crippen LogP contribution in [0.2, 0.25) is 0 Å². The molecule has 0 saturated heterocycles. The lowest BCUT2D eigenvalue weighted by Gasteiger charge is -2.28. The van der Waals surface area contributed by atoms with E-state index in [2.05, 4.69) is 5.32 Å². The molecule has 0 unspecified atom stereocenters. The molecule has 6 nitrogen and oxygen atoms in total. The van der Waals surface area contributed by atoms with Gasteiger partial charge in [-0.2, -0.15) is 0 Å². The number of amides is 1. The summed E-state index contributed by atoms with van der Waals surface area (Å²) in [5, 5.41) is 2.91. The van der Waals surface area contributed by atoms with Crippen molar-refractivity contribution in [3.05, 3.63) is 53.6 Å². The number of carbonyl (C=O) groups excluding carboxylic acids is 1. The second kappa shape index (κ2) is 7.83. The standard InChI is InChI=1S/C21H25NO5S/c1-15-4-7-17(8-5-15)28(24,25)13-10-20(23)22-21(2,3)16-6-9-18-19(14-16)27-12-11-26-18/h4-9,14H,10-13H2,1-3H3,(H,22,23). The lowest BCUT2D eigenvalue weighted by Crippen LogP contribution is -2.41. The van der Waals surface area contributed by atoms with Crippen molar-refractivity contribution >= 4 is 15.7 Å². The fraction of sp³-hybridized carbons (Fsp3) is 0.381. The topological polar surface area (TPSA) is 81.7 Å². The van der Waals surface area contributed by atoms with Crippen LogP contribution in [-0.4, -0.2) is 33.3 Å². The molecule has 0 bridgehead atoms. The van der Waals surface area contributed by atoms with Crippen molar-refractivity contribution < 1.29 is 22.7 Å². The molecule has 1 N–H and O–H groups in total. The van der Waals surface area contributed by atoms with Crippen LogP contribution in [-0.2, 0) is 20.2 Å². The number of rotatable bonds is 6. The third-order valence-corrected chi connectivity index (χ3v) is 6.43. The largest absolute Gasteiger partial charge is 0.486 e. The zero-order chi connectivity index (χ0) is 20.4. The number of ether oxygens (including phenoxy) is 2. The molecular formula is C21H25NO5S. The molecule has 0 aromatic heterocycles. The molecule has 0 radical (unpaired) electrons. The number of hydrogen-bond acceptors (Lipinski definition) is 5. The average molecular weight is 404 g/mol. The van der Waals surface area contributed by atoms with Crippen LogP contribution in [0.25, 0.3) is 0 Å². The van der Waals surface area contributed by atoms with Gasteiger partial charge in [-0.05, 0) is 50.6 Å². The number of aryl methyl sites for hydroxylation is 1. The summed E-state index contributed by atoms with van der Waals surface area (Å²) in [6, 6.07) is 12.2. The Balaban J connectivity index is 1.64. The van der Waals surface area contributed by atoms with Gasteiger partial charge in [0, 0.05) is 6.42 Å². The van der Waals surface area contributed by atoms with Crippen LogP contribution < -0.4 is 14.8 Å². The van der Waals surface area contributed by atoms with Gasteiger partial charge in [0.2, 0.25) is 5.91 Å². The molecule has 3 rings (SSSR count). The molecular weight excluding hydrogens is 378 g/mol. The smallest absolute Gasteiger partial charge is 0.221 e. The van der Waals surface area contributed by atoms with E-state index in [1.54, 1.807) is 24.3 Å². The predicted octanol–water partition coefficient (Wildman–Crippen LogP) is 2.98. The summed E-state index contributed by atoms with van der Waals surface area (Å²) in [5.74, 6) is 0.768. The summed E-state index contributed by atoms with van der Waals surface area (Å²) in [4.78, 5) is 12.7. The van der Waals surface area contributed by atoms with Crippen LogP contribution in [0, 0.1) is 6.92 Å². The van der Waals surface area contributed by atoms with Gasteiger partial charge in [-0.3, -0.25) is 4.79 Å². The third kappa shape index (κ3) is 4.65. The maximum absolute atomic E-state index is 12.4. The molecule has 1 amide bonds. The highest BCUT2D eigenvalue weighted by Gasteiger charge is 2.26. The quantitative estimate of drug-likeness (QED) is 0.802. The van der Waals surface area contributed by atoms with Gasteiger partial charge in [-0.1, -0.05) is 23.8 Å². The zero-order valence-electron chi connectivity index (χ0n) is 16.3. The monoisotopic (exact) mass is 403 g/mol. The molecule has 2 aromatic rings. The Morgan fingerprint density at radius 3 is 2.36 bits per heavy atom. The Hall–Kier alpha value is -2.54. The summed E-state index contributed by atoms with van der Waals surface area (Å²) < 4.78 is 36.0. The molecule has 1 aliphatic rings. The van der Waals surface area contributed by atoms with E-state index in [0.29, 0.717) is 24.7 Å². The summed E-state index contributed by atoms with van der Waals surface area (Å²) in [5.41, 5.74) is 1.16.